The van der Waals surface area contributed by atoms with Crippen LogP contribution in [0.5, 0.6) is 11.5 Å². The third kappa shape index (κ3) is 5.61. The molecule has 0 unspecified atom stereocenters. The molecule has 0 fully saturated rings. The number of hydrogen-bond acceptors (Lipinski definition) is 3. The van der Waals surface area contributed by atoms with Crippen LogP contribution in [-0.4, -0.2) is 25.7 Å². The third-order valence-corrected chi connectivity index (χ3v) is 3.80. The molecule has 4 heteroatoms. The Hall–Kier alpha value is -2.49. The van der Waals surface area contributed by atoms with Gasteiger partial charge in [0, 0.05) is 6.54 Å². The fraction of sp³-hybridized carbons (Fsp3) is 0.350. The molecule has 0 spiro atoms. The molecule has 1 N–H and O–H groups in total. The minimum absolute atomic E-state index is 0.0923. The zero-order valence-electron chi connectivity index (χ0n) is 14.5. The first-order valence-electron chi connectivity index (χ1n) is 8.22. The van der Waals surface area contributed by atoms with Crippen molar-refractivity contribution in [3.63, 3.8) is 0 Å². The van der Waals surface area contributed by atoms with Gasteiger partial charge in [-0.2, -0.15) is 0 Å². The highest BCUT2D eigenvalue weighted by molar-refractivity contribution is 5.80. The fourth-order valence-electron chi connectivity index (χ4n) is 2.31. The van der Waals surface area contributed by atoms with E-state index in [1.54, 1.807) is 14.0 Å². The quantitative estimate of drug-likeness (QED) is 0.755. The number of hydrogen-bond donors (Lipinski definition) is 1. The van der Waals surface area contributed by atoms with Gasteiger partial charge in [0.15, 0.2) is 6.10 Å². The number of methoxy groups -OCH3 is 1. The van der Waals surface area contributed by atoms with Crippen LogP contribution < -0.4 is 14.8 Å². The van der Waals surface area contributed by atoms with E-state index >= 15 is 0 Å². The van der Waals surface area contributed by atoms with Crippen LogP contribution in [0.3, 0.4) is 0 Å². The van der Waals surface area contributed by atoms with E-state index in [0.29, 0.717) is 12.3 Å². The lowest BCUT2D eigenvalue weighted by Gasteiger charge is -2.15. The van der Waals surface area contributed by atoms with Gasteiger partial charge in [-0.3, -0.25) is 4.79 Å². The number of rotatable bonds is 8. The van der Waals surface area contributed by atoms with Gasteiger partial charge in [-0.05, 0) is 56.5 Å². The van der Waals surface area contributed by atoms with Crippen LogP contribution in [0.25, 0.3) is 0 Å². The summed E-state index contributed by atoms with van der Waals surface area (Å²) in [6, 6.07) is 15.7. The van der Waals surface area contributed by atoms with Gasteiger partial charge >= 0.3 is 0 Å². The van der Waals surface area contributed by atoms with Gasteiger partial charge in [0.25, 0.3) is 5.91 Å². The highest BCUT2D eigenvalue weighted by Crippen LogP contribution is 2.14. The largest absolute Gasteiger partial charge is 0.497 e. The highest BCUT2D eigenvalue weighted by atomic mass is 16.5. The highest BCUT2D eigenvalue weighted by Gasteiger charge is 2.13. The zero-order chi connectivity index (χ0) is 17.4. The van der Waals surface area contributed by atoms with Crippen molar-refractivity contribution in [3.05, 3.63) is 59.7 Å². The maximum atomic E-state index is 12.1. The van der Waals surface area contributed by atoms with Gasteiger partial charge in [-0.1, -0.05) is 29.8 Å². The standard InChI is InChI=1S/C20H25NO3/c1-15-6-10-19(11-7-15)24-16(2)20(22)21-14-4-5-17-8-12-18(23-3)13-9-17/h6-13,16H,4-5,14H2,1-3H3,(H,21,22)/t16-/m1/s1. The number of carbonyl (C=O) groups excluding carboxylic acids is 1. The second-order valence-corrected chi connectivity index (χ2v) is 5.82. The molecule has 2 aromatic rings. The first-order chi connectivity index (χ1) is 11.6. The summed E-state index contributed by atoms with van der Waals surface area (Å²) >= 11 is 0. The molecule has 4 nitrogen and oxygen atoms in total. The fourth-order valence-corrected chi connectivity index (χ4v) is 2.31. The van der Waals surface area contributed by atoms with Gasteiger partial charge in [-0.25, -0.2) is 0 Å². The van der Waals surface area contributed by atoms with Crippen LogP contribution in [0.15, 0.2) is 48.5 Å². The number of nitrogens with one attached hydrogen (secondary N) is 1. The SMILES string of the molecule is COc1ccc(CCCNC(=O)[C@@H](C)Oc2ccc(C)cc2)cc1. The van der Waals surface area contributed by atoms with E-state index in [4.69, 9.17) is 9.47 Å². The summed E-state index contributed by atoms with van der Waals surface area (Å²) in [5.41, 5.74) is 2.40. The third-order valence-electron chi connectivity index (χ3n) is 3.80. The van der Waals surface area contributed by atoms with Crippen LogP contribution in [0.1, 0.15) is 24.5 Å². The average molecular weight is 327 g/mol. The molecule has 2 rings (SSSR count). The van der Waals surface area contributed by atoms with Crippen molar-refractivity contribution in [1.29, 1.82) is 0 Å². The molecule has 1 amide bonds. The predicted octanol–water partition coefficient (Wildman–Crippen LogP) is 3.52. The smallest absolute Gasteiger partial charge is 0.260 e. The summed E-state index contributed by atoms with van der Waals surface area (Å²) in [6.07, 6.45) is 1.29. The molecule has 1 atom stereocenters. The Kier molecular flexibility index (Phi) is 6.67. The summed E-state index contributed by atoms with van der Waals surface area (Å²) in [5.74, 6) is 1.47. The summed E-state index contributed by atoms with van der Waals surface area (Å²) in [6.45, 7) is 4.41. The maximum Gasteiger partial charge on any atom is 0.260 e. The molecule has 128 valence electrons. The summed E-state index contributed by atoms with van der Waals surface area (Å²) in [7, 11) is 1.66. The van der Waals surface area contributed by atoms with Crippen molar-refractivity contribution in [3.8, 4) is 11.5 Å². The molecule has 24 heavy (non-hydrogen) atoms. The summed E-state index contributed by atoms with van der Waals surface area (Å²) in [5, 5.41) is 2.92. The molecular weight excluding hydrogens is 302 g/mol. The monoisotopic (exact) mass is 327 g/mol. The van der Waals surface area contributed by atoms with E-state index in [9.17, 15) is 4.79 Å². The van der Waals surface area contributed by atoms with E-state index < -0.39 is 6.10 Å². The summed E-state index contributed by atoms with van der Waals surface area (Å²) in [4.78, 5) is 12.1. The van der Waals surface area contributed by atoms with E-state index in [1.165, 1.54) is 5.56 Å². The zero-order valence-corrected chi connectivity index (χ0v) is 14.5. The Morgan fingerprint density at radius 2 is 1.67 bits per heavy atom. The Balaban J connectivity index is 1.69. The molecule has 0 radical (unpaired) electrons. The van der Waals surface area contributed by atoms with Crippen molar-refractivity contribution in [2.24, 2.45) is 0 Å². The van der Waals surface area contributed by atoms with Crippen LogP contribution in [-0.2, 0) is 11.2 Å². The van der Waals surface area contributed by atoms with Gasteiger partial charge in [0.1, 0.15) is 11.5 Å². The van der Waals surface area contributed by atoms with Gasteiger partial charge in [-0.15, -0.1) is 0 Å². The van der Waals surface area contributed by atoms with Gasteiger partial charge < -0.3 is 14.8 Å². The molecule has 0 aromatic heterocycles. The van der Waals surface area contributed by atoms with Gasteiger partial charge in [0.2, 0.25) is 0 Å². The molecule has 2 aromatic carbocycles. The molecule has 0 bridgehead atoms. The lowest BCUT2D eigenvalue weighted by atomic mass is 10.1. The number of carbonyl (C=O) groups is 1. The van der Waals surface area contributed by atoms with E-state index in [1.807, 2.05) is 55.5 Å². The number of benzene rings is 2. The summed E-state index contributed by atoms with van der Waals surface area (Å²) < 4.78 is 10.8. The second kappa shape index (κ2) is 8.96. The van der Waals surface area contributed by atoms with E-state index in [2.05, 4.69) is 5.32 Å². The topological polar surface area (TPSA) is 47.6 Å². The lowest BCUT2D eigenvalue weighted by molar-refractivity contribution is -0.127. The van der Waals surface area contributed by atoms with Gasteiger partial charge in [0.05, 0.1) is 7.11 Å². The maximum absolute atomic E-state index is 12.1. The molecule has 0 aliphatic carbocycles. The van der Waals surface area contributed by atoms with E-state index in [0.717, 1.165) is 24.2 Å². The molecule has 0 aliphatic heterocycles. The van der Waals surface area contributed by atoms with E-state index in [-0.39, 0.29) is 5.91 Å². The minimum atomic E-state index is -0.506. The van der Waals surface area contributed by atoms with Crippen molar-refractivity contribution in [1.82, 2.24) is 5.32 Å². The first-order valence-corrected chi connectivity index (χ1v) is 8.22. The van der Waals surface area contributed by atoms with Crippen LogP contribution in [0.2, 0.25) is 0 Å². The van der Waals surface area contributed by atoms with Crippen LogP contribution in [0, 0.1) is 6.92 Å². The minimum Gasteiger partial charge on any atom is -0.497 e. The Morgan fingerprint density at radius 1 is 1.04 bits per heavy atom. The predicted molar refractivity (Wildman–Crippen MR) is 95.6 cm³/mol. The molecule has 0 saturated heterocycles. The molecule has 0 aliphatic rings. The second-order valence-electron chi connectivity index (χ2n) is 5.82. The lowest BCUT2D eigenvalue weighted by Crippen LogP contribution is -2.36. The normalized spacial score (nSPS) is 11.6. The molecular formula is C20H25NO3. The Labute approximate surface area is 143 Å². The Morgan fingerprint density at radius 3 is 2.29 bits per heavy atom. The van der Waals surface area contributed by atoms with Crippen LogP contribution >= 0.6 is 0 Å². The average Bonchev–Trinajstić information content (AvgIpc) is 2.61. The van der Waals surface area contributed by atoms with Crippen molar-refractivity contribution in [2.75, 3.05) is 13.7 Å². The molecule has 0 heterocycles. The van der Waals surface area contributed by atoms with Crippen molar-refractivity contribution >= 4 is 5.91 Å². The van der Waals surface area contributed by atoms with Crippen LogP contribution in [0.4, 0.5) is 0 Å². The molecule has 0 saturated carbocycles. The van der Waals surface area contributed by atoms with Crippen molar-refractivity contribution in [2.45, 2.75) is 32.8 Å². The van der Waals surface area contributed by atoms with Crippen molar-refractivity contribution < 1.29 is 14.3 Å². The number of amides is 1. The Bertz CT molecular complexity index is 635. The number of aryl methyl sites for hydroxylation is 2. The number of ether oxygens (including phenoxy) is 2. The first kappa shape index (κ1) is 17.9.